The van der Waals surface area contributed by atoms with Crippen LogP contribution < -0.4 is 9.47 Å². The maximum absolute atomic E-state index is 11.1. The predicted octanol–water partition coefficient (Wildman–Crippen LogP) is 6.47. The summed E-state index contributed by atoms with van der Waals surface area (Å²) in [5, 5.41) is 13.9. The van der Waals surface area contributed by atoms with Crippen molar-refractivity contribution in [2.75, 3.05) is 7.11 Å². The molecule has 1 N–H and O–H groups in total. The lowest BCUT2D eigenvalue weighted by atomic mass is 9.95. The van der Waals surface area contributed by atoms with Crippen molar-refractivity contribution in [3.8, 4) is 22.6 Å². The van der Waals surface area contributed by atoms with E-state index in [4.69, 9.17) is 24.7 Å². The second kappa shape index (κ2) is 10.9. The largest absolute Gasteiger partial charge is 0.497 e. The number of allylic oxidation sites excluding steroid dienone is 1. The molecule has 0 aliphatic heterocycles. The molecule has 2 aromatic heterocycles. The lowest BCUT2D eigenvalue weighted by Gasteiger charge is -2.15. The molecule has 0 saturated carbocycles. The smallest absolute Gasteiger partial charge is 0.304 e. The van der Waals surface area contributed by atoms with Gasteiger partial charge in [0.2, 0.25) is 0 Å². The van der Waals surface area contributed by atoms with Crippen LogP contribution >= 0.6 is 0 Å². The molecular weight excluding hydrogens is 466 g/mol. The molecule has 0 aliphatic rings. The second-order valence-corrected chi connectivity index (χ2v) is 9.59. The van der Waals surface area contributed by atoms with Crippen LogP contribution in [0.15, 0.2) is 61.3 Å². The number of pyridine rings is 1. The summed E-state index contributed by atoms with van der Waals surface area (Å²) in [6, 6.07) is 13.7. The number of hydrogen-bond donors (Lipinski definition) is 1. The number of aromatic nitrogens is 3. The van der Waals surface area contributed by atoms with Crippen LogP contribution in [0, 0.1) is 13.8 Å². The fraction of sp³-hybridized carbons (Fsp3) is 0.300. The Morgan fingerprint density at radius 1 is 1.11 bits per heavy atom. The summed E-state index contributed by atoms with van der Waals surface area (Å²) >= 11 is 0. The Kier molecular flexibility index (Phi) is 7.62. The summed E-state index contributed by atoms with van der Waals surface area (Å²) in [7, 11) is 1.67. The van der Waals surface area contributed by atoms with Gasteiger partial charge in [0.15, 0.2) is 11.5 Å². The van der Waals surface area contributed by atoms with E-state index in [-0.39, 0.29) is 18.3 Å². The Morgan fingerprint density at radius 2 is 1.78 bits per heavy atom. The fourth-order valence-electron chi connectivity index (χ4n) is 4.54. The van der Waals surface area contributed by atoms with Crippen LogP contribution in [0.5, 0.6) is 11.5 Å². The Balaban J connectivity index is 1.67. The Hall–Kier alpha value is -4.13. The van der Waals surface area contributed by atoms with Crippen LogP contribution in [0.4, 0.5) is 0 Å². The number of rotatable bonds is 10. The molecule has 0 bridgehead atoms. The third kappa shape index (κ3) is 5.66. The molecule has 192 valence electrons. The van der Waals surface area contributed by atoms with Gasteiger partial charge in [-0.05, 0) is 66.4 Å². The van der Waals surface area contributed by atoms with E-state index < -0.39 is 5.97 Å². The van der Waals surface area contributed by atoms with Crippen LogP contribution in [0.3, 0.4) is 0 Å². The highest BCUT2D eigenvalue weighted by molar-refractivity contribution is 5.82. The van der Waals surface area contributed by atoms with Crippen LogP contribution in [-0.4, -0.2) is 32.8 Å². The van der Waals surface area contributed by atoms with Crippen LogP contribution in [-0.2, 0) is 11.4 Å². The number of nitrogens with zero attached hydrogens (tertiary/aromatic N) is 3. The molecule has 4 aromatic rings. The van der Waals surface area contributed by atoms with Crippen LogP contribution in [0.25, 0.3) is 16.8 Å². The van der Waals surface area contributed by atoms with Gasteiger partial charge in [-0.3, -0.25) is 4.79 Å². The van der Waals surface area contributed by atoms with Crippen molar-refractivity contribution in [2.45, 2.75) is 52.6 Å². The number of hydrogen-bond acceptors (Lipinski definition) is 5. The van der Waals surface area contributed by atoms with Crippen molar-refractivity contribution in [1.82, 2.24) is 14.6 Å². The highest BCUT2D eigenvalue weighted by Gasteiger charge is 2.18. The number of benzene rings is 2. The van der Waals surface area contributed by atoms with Gasteiger partial charge >= 0.3 is 5.97 Å². The molecule has 2 aromatic carbocycles. The number of aliphatic carboxylic acids is 1. The first-order valence-corrected chi connectivity index (χ1v) is 12.3. The van der Waals surface area contributed by atoms with Gasteiger partial charge in [-0.15, -0.1) is 6.58 Å². The van der Waals surface area contributed by atoms with Crippen molar-refractivity contribution in [3.63, 3.8) is 0 Å². The van der Waals surface area contributed by atoms with Gasteiger partial charge in [-0.1, -0.05) is 32.1 Å². The molecule has 0 radical (unpaired) electrons. The Bertz CT molecular complexity index is 1410. The molecule has 1 atom stereocenters. The number of carbonyl (C=O) groups is 1. The van der Waals surface area contributed by atoms with Crippen LogP contribution in [0.1, 0.15) is 60.2 Å². The number of carboxylic acids is 1. The van der Waals surface area contributed by atoms with E-state index in [0.717, 1.165) is 50.6 Å². The van der Waals surface area contributed by atoms with Gasteiger partial charge in [-0.2, -0.15) is 5.10 Å². The first-order valence-electron chi connectivity index (χ1n) is 12.3. The maximum atomic E-state index is 11.1. The molecule has 0 fully saturated rings. The summed E-state index contributed by atoms with van der Waals surface area (Å²) in [4.78, 5) is 16.0. The second-order valence-electron chi connectivity index (χ2n) is 9.59. The molecule has 0 amide bonds. The summed E-state index contributed by atoms with van der Waals surface area (Å²) in [5.41, 5.74) is 6.95. The molecule has 7 heteroatoms. The van der Waals surface area contributed by atoms with Gasteiger partial charge in [0, 0.05) is 29.2 Å². The highest BCUT2D eigenvalue weighted by Crippen LogP contribution is 2.34. The zero-order chi connectivity index (χ0) is 26.7. The van der Waals surface area contributed by atoms with Crippen molar-refractivity contribution in [3.05, 3.63) is 89.4 Å². The van der Waals surface area contributed by atoms with E-state index in [1.165, 1.54) is 0 Å². The number of methoxy groups -OCH3 is 1. The van der Waals surface area contributed by atoms with Crippen LogP contribution in [0.2, 0.25) is 0 Å². The maximum Gasteiger partial charge on any atom is 0.304 e. The number of aryl methyl sites for hydroxylation is 2. The number of carboxylic acid groups (broad SMARTS) is 1. The molecule has 0 saturated heterocycles. The average Bonchev–Trinajstić information content (AvgIpc) is 3.30. The third-order valence-corrected chi connectivity index (χ3v) is 6.43. The molecule has 7 nitrogen and oxygen atoms in total. The Labute approximate surface area is 217 Å². The molecule has 0 unspecified atom stereocenters. The van der Waals surface area contributed by atoms with Crippen molar-refractivity contribution in [2.24, 2.45) is 0 Å². The summed E-state index contributed by atoms with van der Waals surface area (Å²) in [6.45, 7) is 12.4. The molecule has 4 rings (SSSR count). The zero-order valence-corrected chi connectivity index (χ0v) is 22.0. The molecular formula is C30H33N3O4. The third-order valence-electron chi connectivity index (χ3n) is 6.43. The van der Waals surface area contributed by atoms with E-state index >= 15 is 0 Å². The quantitative estimate of drug-likeness (QED) is 0.252. The van der Waals surface area contributed by atoms with E-state index in [1.807, 2.05) is 47.1 Å². The molecule has 2 heterocycles. The average molecular weight is 500 g/mol. The molecule has 0 aliphatic carbocycles. The van der Waals surface area contributed by atoms with Gasteiger partial charge in [0.05, 0.1) is 13.5 Å². The normalized spacial score (nSPS) is 12.1. The predicted molar refractivity (Wildman–Crippen MR) is 145 cm³/mol. The summed E-state index contributed by atoms with van der Waals surface area (Å²) in [6.07, 6.45) is 3.63. The number of fused-ring (bicyclic) bond motifs is 1. The van der Waals surface area contributed by atoms with Gasteiger partial charge in [0.1, 0.15) is 18.1 Å². The first kappa shape index (κ1) is 25.9. The van der Waals surface area contributed by atoms with E-state index in [9.17, 15) is 4.79 Å². The van der Waals surface area contributed by atoms with Crippen molar-refractivity contribution in [1.29, 1.82) is 0 Å². The fourth-order valence-corrected chi connectivity index (χ4v) is 4.54. The standard InChI is InChI=1S/C30H33N3O4/c1-7-22(15-27(34)35)23-8-10-24(11-9-23)37-17-21-14-26(28-19(4)12-25(36-6)13-20(28)5)30-31-29(18(2)3)32-33(30)16-21/h7-14,16,18,22H,1,15,17H2,2-6H3,(H,34,35)/t22-/m0/s1. The van der Waals surface area contributed by atoms with Crippen molar-refractivity contribution < 1.29 is 19.4 Å². The summed E-state index contributed by atoms with van der Waals surface area (Å²) < 4.78 is 13.4. The molecule has 0 spiro atoms. The van der Waals surface area contributed by atoms with E-state index in [1.54, 1.807) is 13.2 Å². The first-order chi connectivity index (χ1) is 17.7. The molecule has 37 heavy (non-hydrogen) atoms. The number of ether oxygens (including phenoxy) is 2. The van der Waals surface area contributed by atoms with E-state index in [2.05, 4.69) is 40.3 Å². The minimum Gasteiger partial charge on any atom is -0.497 e. The van der Waals surface area contributed by atoms with Gasteiger partial charge < -0.3 is 14.6 Å². The Morgan fingerprint density at radius 3 is 2.35 bits per heavy atom. The minimum atomic E-state index is -0.854. The van der Waals surface area contributed by atoms with Crippen molar-refractivity contribution >= 4 is 11.6 Å². The lowest BCUT2D eigenvalue weighted by Crippen LogP contribution is -2.04. The van der Waals surface area contributed by atoms with E-state index in [0.29, 0.717) is 12.4 Å². The topological polar surface area (TPSA) is 86.0 Å². The van der Waals surface area contributed by atoms with Gasteiger partial charge in [0.25, 0.3) is 0 Å². The minimum absolute atomic E-state index is 0.00690. The monoisotopic (exact) mass is 499 g/mol. The highest BCUT2D eigenvalue weighted by atomic mass is 16.5. The van der Waals surface area contributed by atoms with Gasteiger partial charge in [-0.25, -0.2) is 9.50 Å². The zero-order valence-electron chi connectivity index (χ0n) is 22.0. The SMILES string of the molecule is C=C[C@@H](CC(=O)O)c1ccc(OCc2cc(-c3c(C)cc(OC)cc3C)c3nc(C(C)C)nn3c2)cc1. The summed E-state index contributed by atoms with van der Waals surface area (Å²) in [5.74, 6) is 1.41. The lowest BCUT2D eigenvalue weighted by molar-refractivity contribution is -0.137.